The summed E-state index contributed by atoms with van der Waals surface area (Å²) in [4.78, 5) is 0. The Morgan fingerprint density at radius 3 is 1.61 bits per heavy atom. The third-order valence-corrected chi connectivity index (χ3v) is 14.5. The van der Waals surface area contributed by atoms with E-state index >= 15 is 0 Å². The summed E-state index contributed by atoms with van der Waals surface area (Å²) >= 11 is 3.83. The number of rotatable bonds is 2. The van der Waals surface area contributed by atoms with E-state index in [1.54, 1.807) is 0 Å². The van der Waals surface area contributed by atoms with Crippen molar-refractivity contribution in [1.82, 2.24) is 0 Å². The van der Waals surface area contributed by atoms with Gasteiger partial charge in [-0.1, -0.05) is 158 Å². The first-order chi connectivity index (χ1) is 27.8. The van der Waals surface area contributed by atoms with Gasteiger partial charge >= 0.3 is 0 Å². The predicted molar refractivity (Wildman–Crippen MR) is 248 cm³/mol. The highest BCUT2D eigenvalue weighted by Gasteiger charge is 2.21. The Balaban J connectivity index is 1.09. The molecule has 13 rings (SSSR count). The standard InChI is InChI=1S/C54H30S2/c1-2-13-33-31(12-1)24-27-42-34-14-3-4-15-35(34)45-30-50-46(29-47(45)52(33)42)37-26-25-32(28-49(37)55-50)51-38-17-5-7-19-40(38)53(41-20-8-6-18-39(41)51)44-22-11-21-43-36-16-9-10-23-48(36)56-54(43)44/h1-30H. The molecule has 0 radical (unpaired) electrons. The van der Waals surface area contributed by atoms with Crippen molar-refractivity contribution in [3.8, 4) is 22.3 Å². The van der Waals surface area contributed by atoms with Gasteiger partial charge in [-0.25, -0.2) is 0 Å². The van der Waals surface area contributed by atoms with Gasteiger partial charge in [0.2, 0.25) is 0 Å². The Labute approximate surface area is 330 Å². The summed E-state index contributed by atoms with van der Waals surface area (Å²) in [6.07, 6.45) is 0. The van der Waals surface area contributed by atoms with Gasteiger partial charge in [0, 0.05) is 45.9 Å². The zero-order chi connectivity index (χ0) is 36.5. The van der Waals surface area contributed by atoms with E-state index in [9.17, 15) is 0 Å². The molecule has 0 aliphatic carbocycles. The molecule has 56 heavy (non-hydrogen) atoms. The average Bonchev–Trinajstić information content (AvgIpc) is 3.82. The lowest BCUT2D eigenvalue weighted by Gasteiger charge is -2.18. The molecule has 0 atom stereocenters. The van der Waals surface area contributed by atoms with Gasteiger partial charge in [-0.3, -0.25) is 0 Å². The molecule has 0 spiro atoms. The molecule has 0 bridgehead atoms. The first-order valence-electron chi connectivity index (χ1n) is 19.3. The lowest BCUT2D eigenvalue weighted by atomic mass is 9.85. The number of hydrogen-bond donors (Lipinski definition) is 0. The number of thiophene rings is 2. The molecule has 0 saturated heterocycles. The van der Waals surface area contributed by atoms with Crippen molar-refractivity contribution in [3.05, 3.63) is 182 Å². The molecule has 0 unspecified atom stereocenters. The SMILES string of the molecule is c1ccc2c(c1)ccc1c3ccccc3c3cc4sc5cc(-c6c7ccccc7c(-c7cccc8c7sc7ccccc78)c7ccccc67)ccc5c4cc3c21. The number of benzene rings is 11. The maximum atomic E-state index is 2.48. The van der Waals surface area contributed by atoms with E-state index in [0.29, 0.717) is 0 Å². The maximum Gasteiger partial charge on any atom is 0.0434 e. The molecule has 0 saturated carbocycles. The quantitative estimate of drug-likeness (QED) is 0.122. The topological polar surface area (TPSA) is 0 Å². The lowest BCUT2D eigenvalue weighted by molar-refractivity contribution is 1.71. The van der Waals surface area contributed by atoms with E-state index in [1.165, 1.54) is 127 Å². The smallest absolute Gasteiger partial charge is 0.0434 e. The fourth-order valence-electron chi connectivity index (χ4n) is 9.82. The highest BCUT2D eigenvalue weighted by atomic mass is 32.1. The largest absolute Gasteiger partial charge is 0.135 e. The van der Waals surface area contributed by atoms with Crippen molar-refractivity contribution in [3.63, 3.8) is 0 Å². The van der Waals surface area contributed by atoms with Crippen LogP contribution in [0.3, 0.4) is 0 Å². The summed E-state index contributed by atoms with van der Waals surface area (Å²) in [5, 5.41) is 21.0. The molecule has 13 aromatic rings. The van der Waals surface area contributed by atoms with Crippen molar-refractivity contribution in [2.24, 2.45) is 0 Å². The van der Waals surface area contributed by atoms with Gasteiger partial charge in [0.25, 0.3) is 0 Å². The van der Waals surface area contributed by atoms with Gasteiger partial charge in [0.1, 0.15) is 0 Å². The normalized spacial score (nSPS) is 12.3. The van der Waals surface area contributed by atoms with E-state index in [0.717, 1.165) is 0 Å². The molecule has 11 aromatic carbocycles. The van der Waals surface area contributed by atoms with Crippen LogP contribution in [0.2, 0.25) is 0 Å². The molecular formula is C54H30S2. The van der Waals surface area contributed by atoms with E-state index in [2.05, 4.69) is 182 Å². The summed E-state index contributed by atoms with van der Waals surface area (Å²) in [7, 11) is 0. The van der Waals surface area contributed by atoms with Gasteiger partial charge in [-0.05, 0) is 106 Å². The van der Waals surface area contributed by atoms with Crippen LogP contribution in [0, 0.1) is 0 Å². The summed E-state index contributed by atoms with van der Waals surface area (Å²) in [6.45, 7) is 0. The molecule has 258 valence electrons. The van der Waals surface area contributed by atoms with Crippen molar-refractivity contribution in [2.45, 2.75) is 0 Å². The van der Waals surface area contributed by atoms with Crippen LogP contribution in [0.5, 0.6) is 0 Å². The van der Waals surface area contributed by atoms with Crippen LogP contribution in [-0.4, -0.2) is 0 Å². The third-order valence-electron chi connectivity index (χ3n) is 12.2. The van der Waals surface area contributed by atoms with Crippen LogP contribution < -0.4 is 0 Å². The molecule has 0 aliphatic heterocycles. The summed E-state index contributed by atoms with van der Waals surface area (Å²) in [5.41, 5.74) is 5.19. The Hall–Kier alpha value is -6.58. The van der Waals surface area contributed by atoms with Crippen LogP contribution in [0.15, 0.2) is 182 Å². The molecule has 0 amide bonds. The monoisotopic (exact) mass is 742 g/mol. The minimum absolute atomic E-state index is 1.26. The maximum absolute atomic E-state index is 2.48. The molecule has 0 fully saturated rings. The number of fused-ring (bicyclic) bond motifs is 16. The molecule has 2 heteroatoms. The van der Waals surface area contributed by atoms with Crippen molar-refractivity contribution in [2.75, 3.05) is 0 Å². The van der Waals surface area contributed by atoms with Gasteiger partial charge in [0.15, 0.2) is 0 Å². The Morgan fingerprint density at radius 1 is 0.268 bits per heavy atom. The zero-order valence-corrected chi connectivity index (χ0v) is 31.8. The highest BCUT2D eigenvalue weighted by Crippen LogP contribution is 2.49. The van der Waals surface area contributed by atoms with Crippen molar-refractivity contribution < 1.29 is 0 Å². The second-order valence-corrected chi connectivity index (χ2v) is 17.2. The van der Waals surface area contributed by atoms with Crippen LogP contribution in [-0.2, 0) is 0 Å². The van der Waals surface area contributed by atoms with Gasteiger partial charge in [-0.2, -0.15) is 0 Å². The van der Waals surface area contributed by atoms with E-state index in [4.69, 9.17) is 0 Å². The van der Waals surface area contributed by atoms with Gasteiger partial charge in [0.05, 0.1) is 0 Å². The number of hydrogen-bond acceptors (Lipinski definition) is 2. The van der Waals surface area contributed by atoms with E-state index in [1.807, 2.05) is 22.7 Å². The first-order valence-corrected chi connectivity index (χ1v) is 20.9. The van der Waals surface area contributed by atoms with E-state index < -0.39 is 0 Å². The summed E-state index contributed by atoms with van der Waals surface area (Å²) < 4.78 is 5.33. The third kappa shape index (κ3) is 4.18. The van der Waals surface area contributed by atoms with Gasteiger partial charge < -0.3 is 0 Å². The Bertz CT molecular complexity index is 3770. The van der Waals surface area contributed by atoms with Crippen LogP contribution in [0.25, 0.3) is 127 Å². The minimum atomic E-state index is 1.26. The zero-order valence-electron chi connectivity index (χ0n) is 30.1. The second kappa shape index (κ2) is 11.5. The Kier molecular flexibility index (Phi) is 6.29. The van der Waals surface area contributed by atoms with Crippen LogP contribution in [0.1, 0.15) is 0 Å². The van der Waals surface area contributed by atoms with Crippen molar-refractivity contribution in [1.29, 1.82) is 0 Å². The fraction of sp³-hybridized carbons (Fsp3) is 0. The molecule has 0 aliphatic rings. The lowest BCUT2D eigenvalue weighted by Crippen LogP contribution is -1.90. The molecular weight excluding hydrogens is 713 g/mol. The predicted octanol–water partition coefficient (Wildman–Crippen LogP) is 16.7. The van der Waals surface area contributed by atoms with Gasteiger partial charge in [-0.15, -0.1) is 22.7 Å². The van der Waals surface area contributed by atoms with E-state index in [-0.39, 0.29) is 0 Å². The average molecular weight is 743 g/mol. The Morgan fingerprint density at radius 2 is 0.839 bits per heavy atom. The molecule has 0 N–H and O–H groups in total. The molecule has 2 heterocycles. The summed E-state index contributed by atoms with van der Waals surface area (Å²) in [5.74, 6) is 0. The highest BCUT2D eigenvalue weighted by molar-refractivity contribution is 7.26. The van der Waals surface area contributed by atoms with Crippen molar-refractivity contribution >= 4 is 128 Å². The molecule has 0 nitrogen and oxygen atoms in total. The second-order valence-electron chi connectivity index (χ2n) is 15.1. The summed E-state index contributed by atoms with van der Waals surface area (Å²) in [6, 6.07) is 68.3. The van der Waals surface area contributed by atoms with Crippen LogP contribution >= 0.6 is 22.7 Å². The fourth-order valence-corrected chi connectivity index (χ4v) is 12.2. The first kappa shape index (κ1) is 30.7. The minimum Gasteiger partial charge on any atom is -0.135 e. The van der Waals surface area contributed by atoms with Crippen LogP contribution in [0.4, 0.5) is 0 Å². The molecule has 2 aromatic heterocycles.